The van der Waals surface area contributed by atoms with Crippen LogP contribution in [-0.2, 0) is 10.0 Å². The first kappa shape index (κ1) is 24.0. The van der Waals surface area contributed by atoms with Crippen molar-refractivity contribution in [1.29, 1.82) is 0 Å². The second-order valence-corrected chi connectivity index (χ2v) is 10.6. The lowest BCUT2D eigenvalue weighted by atomic mass is 10.0. The quantitative estimate of drug-likeness (QED) is 0.475. The molecule has 0 bridgehead atoms. The molecule has 1 unspecified atom stereocenters. The number of aromatic nitrogens is 2. The summed E-state index contributed by atoms with van der Waals surface area (Å²) in [6.07, 6.45) is 3.60. The Balaban J connectivity index is 1.48. The molecule has 3 N–H and O–H groups in total. The van der Waals surface area contributed by atoms with Crippen molar-refractivity contribution in [2.24, 2.45) is 0 Å². The third kappa shape index (κ3) is 4.58. The zero-order valence-corrected chi connectivity index (χ0v) is 20.4. The third-order valence-corrected chi connectivity index (χ3v) is 8.53. The molecule has 1 aromatic heterocycles. The van der Waals surface area contributed by atoms with E-state index < -0.39 is 15.9 Å². The van der Waals surface area contributed by atoms with E-state index in [0.717, 1.165) is 36.8 Å². The molecule has 34 heavy (non-hydrogen) atoms. The zero-order valence-electron chi connectivity index (χ0n) is 19.6. The fourth-order valence-corrected chi connectivity index (χ4v) is 6.09. The number of aromatic amines is 1. The van der Waals surface area contributed by atoms with Gasteiger partial charge in [-0.1, -0.05) is 19.4 Å². The molecule has 8 nitrogen and oxygen atoms in total. The number of anilines is 1. The number of benzene rings is 2. The molecule has 1 saturated heterocycles. The molecular formula is C25H30N4O4S. The van der Waals surface area contributed by atoms with E-state index in [1.54, 1.807) is 28.6 Å². The van der Waals surface area contributed by atoms with Crippen LogP contribution in [-0.4, -0.2) is 46.5 Å². The minimum Gasteiger partial charge on any atom is -0.507 e. The van der Waals surface area contributed by atoms with Crippen molar-refractivity contribution in [1.82, 2.24) is 14.5 Å². The van der Waals surface area contributed by atoms with Gasteiger partial charge in [-0.05, 0) is 80.6 Å². The number of sulfonamides is 1. The smallest absolute Gasteiger partial charge is 0.273 e. The highest BCUT2D eigenvalue weighted by atomic mass is 32.2. The van der Waals surface area contributed by atoms with Gasteiger partial charge in [-0.25, -0.2) is 8.42 Å². The average Bonchev–Trinajstić information content (AvgIpc) is 3.33. The Morgan fingerprint density at radius 2 is 1.91 bits per heavy atom. The summed E-state index contributed by atoms with van der Waals surface area (Å²) in [5, 5.41) is 20.0. The number of aromatic hydroxyl groups is 1. The summed E-state index contributed by atoms with van der Waals surface area (Å²) in [6, 6.07) is 11.5. The maximum absolute atomic E-state index is 13.1. The lowest BCUT2D eigenvalue weighted by Crippen LogP contribution is -2.43. The minimum absolute atomic E-state index is 0.0319. The molecule has 2 heterocycles. The fourth-order valence-electron chi connectivity index (χ4n) is 4.33. The molecule has 3 aromatic rings. The highest BCUT2D eigenvalue weighted by Gasteiger charge is 2.32. The molecule has 1 atom stereocenters. The first-order valence-corrected chi connectivity index (χ1v) is 12.9. The molecule has 1 aliphatic heterocycles. The van der Waals surface area contributed by atoms with Crippen LogP contribution >= 0.6 is 0 Å². The number of carbonyl (C=O) groups excluding carboxylic acids is 1. The van der Waals surface area contributed by atoms with Crippen molar-refractivity contribution in [2.75, 3.05) is 11.9 Å². The van der Waals surface area contributed by atoms with Gasteiger partial charge in [-0.15, -0.1) is 0 Å². The summed E-state index contributed by atoms with van der Waals surface area (Å²) in [5.41, 5.74) is 3.42. The van der Waals surface area contributed by atoms with E-state index in [-0.39, 0.29) is 22.4 Å². The first-order valence-electron chi connectivity index (χ1n) is 11.5. The fraction of sp³-hybridized carbons (Fsp3) is 0.360. The van der Waals surface area contributed by atoms with Crippen molar-refractivity contribution < 1.29 is 18.3 Å². The maximum Gasteiger partial charge on any atom is 0.273 e. The van der Waals surface area contributed by atoms with Crippen LogP contribution in [0.2, 0.25) is 0 Å². The Kier molecular flexibility index (Phi) is 6.77. The van der Waals surface area contributed by atoms with Crippen molar-refractivity contribution in [2.45, 2.75) is 57.4 Å². The summed E-state index contributed by atoms with van der Waals surface area (Å²) in [6.45, 7) is 6.29. The Morgan fingerprint density at radius 1 is 1.18 bits per heavy atom. The number of phenolic OH excluding ortho intramolecular Hbond substituents is 1. The Hall–Kier alpha value is -3.17. The van der Waals surface area contributed by atoms with Crippen LogP contribution < -0.4 is 5.32 Å². The molecule has 0 radical (unpaired) electrons. The molecule has 9 heteroatoms. The number of amides is 1. The van der Waals surface area contributed by atoms with Gasteiger partial charge in [0, 0.05) is 23.8 Å². The van der Waals surface area contributed by atoms with E-state index >= 15 is 0 Å². The molecule has 1 aliphatic rings. The second kappa shape index (κ2) is 9.60. The number of piperidine rings is 1. The van der Waals surface area contributed by atoms with Gasteiger partial charge in [0.05, 0.1) is 10.6 Å². The number of hydrogen-bond acceptors (Lipinski definition) is 5. The van der Waals surface area contributed by atoms with Crippen LogP contribution in [0.25, 0.3) is 11.3 Å². The van der Waals surface area contributed by atoms with E-state index in [4.69, 9.17) is 0 Å². The summed E-state index contributed by atoms with van der Waals surface area (Å²) >= 11 is 0. The predicted molar refractivity (Wildman–Crippen MR) is 131 cm³/mol. The first-order chi connectivity index (χ1) is 16.2. The van der Waals surface area contributed by atoms with Gasteiger partial charge in [-0.2, -0.15) is 9.40 Å². The van der Waals surface area contributed by atoms with Crippen LogP contribution in [0.4, 0.5) is 5.69 Å². The maximum atomic E-state index is 13.1. The summed E-state index contributed by atoms with van der Waals surface area (Å²) < 4.78 is 27.9. The summed E-state index contributed by atoms with van der Waals surface area (Å²) in [5.74, 6) is -0.283. The van der Waals surface area contributed by atoms with Crippen LogP contribution in [0.3, 0.4) is 0 Å². The highest BCUT2D eigenvalue weighted by Crippen LogP contribution is 2.33. The zero-order chi connectivity index (χ0) is 24.5. The van der Waals surface area contributed by atoms with E-state index in [1.807, 2.05) is 26.8 Å². The van der Waals surface area contributed by atoms with Crippen molar-refractivity contribution in [3.8, 4) is 17.0 Å². The largest absolute Gasteiger partial charge is 0.507 e. The van der Waals surface area contributed by atoms with Gasteiger partial charge in [-0.3, -0.25) is 9.89 Å². The molecule has 4 rings (SSSR count). The Bertz CT molecular complexity index is 1300. The number of nitrogens with one attached hydrogen (secondary N) is 2. The standard InChI is InChI=1S/C25H30N4O4S/c1-4-19-7-5-6-14-29(19)34(32,33)20-11-9-18(10-12-20)26-25(31)23-15-22(27-28-23)21-13-8-16(2)17(3)24(21)30/h8-13,15,19,30H,4-7,14H2,1-3H3,(H,26,31)(H,27,28). The van der Waals surface area contributed by atoms with Crippen LogP contribution in [0.5, 0.6) is 5.75 Å². The summed E-state index contributed by atoms with van der Waals surface area (Å²) in [4.78, 5) is 12.9. The molecule has 0 saturated carbocycles. The van der Waals surface area contributed by atoms with Crippen molar-refractivity contribution in [3.05, 3.63) is 59.3 Å². The van der Waals surface area contributed by atoms with Gasteiger partial charge in [0.2, 0.25) is 10.0 Å². The number of H-pyrrole nitrogens is 1. The predicted octanol–water partition coefficient (Wildman–Crippen LogP) is 4.60. The average molecular weight is 483 g/mol. The normalized spacial score (nSPS) is 17.0. The molecule has 0 spiro atoms. The number of phenols is 1. The van der Waals surface area contributed by atoms with Crippen molar-refractivity contribution >= 4 is 21.6 Å². The van der Waals surface area contributed by atoms with Crippen molar-refractivity contribution in [3.63, 3.8) is 0 Å². The lowest BCUT2D eigenvalue weighted by Gasteiger charge is -2.34. The van der Waals surface area contributed by atoms with E-state index in [2.05, 4.69) is 15.5 Å². The molecule has 2 aromatic carbocycles. The Morgan fingerprint density at radius 3 is 2.62 bits per heavy atom. The minimum atomic E-state index is -3.58. The Labute approximate surface area is 200 Å². The number of nitrogens with zero attached hydrogens (tertiary/aromatic N) is 2. The topological polar surface area (TPSA) is 115 Å². The van der Waals surface area contributed by atoms with Gasteiger partial charge in [0.15, 0.2) is 0 Å². The van der Waals surface area contributed by atoms with Gasteiger partial charge in [0.1, 0.15) is 11.4 Å². The van der Waals surface area contributed by atoms with E-state index in [9.17, 15) is 18.3 Å². The summed E-state index contributed by atoms with van der Waals surface area (Å²) in [7, 11) is -3.58. The monoisotopic (exact) mass is 482 g/mol. The van der Waals surface area contributed by atoms with Gasteiger partial charge < -0.3 is 10.4 Å². The number of carbonyl (C=O) groups is 1. The molecule has 1 amide bonds. The van der Waals surface area contributed by atoms with E-state index in [1.165, 1.54) is 12.1 Å². The van der Waals surface area contributed by atoms with Crippen LogP contribution in [0, 0.1) is 13.8 Å². The van der Waals surface area contributed by atoms with Gasteiger partial charge >= 0.3 is 0 Å². The van der Waals surface area contributed by atoms with Crippen LogP contribution in [0.15, 0.2) is 47.4 Å². The number of hydrogen-bond donors (Lipinski definition) is 3. The number of rotatable bonds is 6. The molecule has 0 aliphatic carbocycles. The highest BCUT2D eigenvalue weighted by molar-refractivity contribution is 7.89. The molecular weight excluding hydrogens is 452 g/mol. The van der Waals surface area contributed by atoms with Crippen LogP contribution in [0.1, 0.15) is 54.2 Å². The second-order valence-electron chi connectivity index (χ2n) is 8.72. The lowest BCUT2D eigenvalue weighted by molar-refractivity contribution is 0.102. The third-order valence-electron chi connectivity index (χ3n) is 6.56. The van der Waals surface area contributed by atoms with Gasteiger partial charge in [0.25, 0.3) is 5.91 Å². The number of aryl methyl sites for hydroxylation is 1. The molecule has 180 valence electrons. The van der Waals surface area contributed by atoms with E-state index in [0.29, 0.717) is 23.5 Å². The SMILES string of the molecule is CCC1CCCCN1S(=O)(=O)c1ccc(NC(=O)c2cc(-c3ccc(C)c(C)c3O)n[nH]2)cc1. The molecule has 1 fully saturated rings.